The fourth-order valence-electron chi connectivity index (χ4n) is 1.90. The highest BCUT2D eigenvalue weighted by Crippen LogP contribution is 2.16. The third-order valence-corrected chi connectivity index (χ3v) is 2.87. The summed E-state index contributed by atoms with van der Waals surface area (Å²) in [5.41, 5.74) is -0.772. The van der Waals surface area contributed by atoms with Crippen LogP contribution in [0.25, 0.3) is 0 Å². The second-order valence-corrected chi connectivity index (χ2v) is 4.54. The minimum atomic E-state index is -0.772. The predicted octanol–water partition coefficient (Wildman–Crippen LogP) is -1.01. The minimum absolute atomic E-state index is 0.370. The molecule has 1 fully saturated rings. The van der Waals surface area contributed by atoms with E-state index < -0.39 is 11.7 Å². The van der Waals surface area contributed by atoms with E-state index in [1.807, 2.05) is 12.3 Å². The summed E-state index contributed by atoms with van der Waals surface area (Å²) in [6.07, 6.45) is 3.62. The van der Waals surface area contributed by atoms with Crippen LogP contribution in [0.15, 0.2) is 18.5 Å². The number of ether oxygens (including phenoxy) is 1. The Morgan fingerprint density at radius 3 is 3.12 bits per heavy atom. The lowest BCUT2D eigenvalue weighted by atomic mass is 10.0. The first-order chi connectivity index (χ1) is 8.18. The average molecular weight is 241 g/mol. The van der Waals surface area contributed by atoms with Gasteiger partial charge in [-0.2, -0.15) is 5.10 Å². The van der Waals surface area contributed by atoms with Crippen LogP contribution in [-0.2, 0) is 11.3 Å². The van der Waals surface area contributed by atoms with Crippen molar-refractivity contribution in [3.8, 4) is 0 Å². The number of aromatic nitrogens is 2. The molecule has 3 N–H and O–H groups in total. The molecule has 0 aliphatic carbocycles. The lowest BCUT2D eigenvalue weighted by Crippen LogP contribution is -2.44. The fraction of sp³-hybridized carbons (Fsp3) is 0.727. The average Bonchev–Trinajstić information content (AvgIpc) is 2.90. The third kappa shape index (κ3) is 3.78. The topological polar surface area (TPSA) is 79.5 Å². The maximum absolute atomic E-state index is 9.97. The van der Waals surface area contributed by atoms with Gasteiger partial charge in [-0.1, -0.05) is 0 Å². The highest BCUT2D eigenvalue weighted by molar-refractivity contribution is 4.85. The van der Waals surface area contributed by atoms with E-state index >= 15 is 0 Å². The largest absolute Gasteiger partial charge is 0.390 e. The van der Waals surface area contributed by atoms with E-state index in [0.717, 1.165) is 0 Å². The van der Waals surface area contributed by atoms with Gasteiger partial charge in [-0.15, -0.1) is 0 Å². The van der Waals surface area contributed by atoms with Crippen molar-refractivity contribution >= 4 is 0 Å². The van der Waals surface area contributed by atoms with Crippen molar-refractivity contribution in [1.82, 2.24) is 15.1 Å². The Labute approximate surface area is 100 Å². The molecule has 0 saturated carbocycles. The first-order valence-corrected chi connectivity index (χ1v) is 5.84. The van der Waals surface area contributed by atoms with Crippen LogP contribution < -0.4 is 5.32 Å². The normalized spacial score (nSPS) is 26.2. The van der Waals surface area contributed by atoms with Gasteiger partial charge in [0.05, 0.1) is 19.3 Å². The van der Waals surface area contributed by atoms with Crippen molar-refractivity contribution < 1.29 is 14.9 Å². The molecule has 1 aromatic heterocycles. The summed E-state index contributed by atoms with van der Waals surface area (Å²) >= 11 is 0. The second kappa shape index (κ2) is 5.59. The summed E-state index contributed by atoms with van der Waals surface area (Å²) in [5.74, 6) is 0. The van der Waals surface area contributed by atoms with Crippen LogP contribution >= 0.6 is 0 Å². The highest BCUT2D eigenvalue weighted by atomic mass is 16.5. The van der Waals surface area contributed by atoms with Crippen LogP contribution in [0, 0.1) is 0 Å². The molecular formula is C11H19N3O3. The molecule has 96 valence electrons. The van der Waals surface area contributed by atoms with Gasteiger partial charge >= 0.3 is 0 Å². The van der Waals surface area contributed by atoms with E-state index in [1.165, 1.54) is 0 Å². The Hall–Kier alpha value is -0.950. The van der Waals surface area contributed by atoms with Crippen molar-refractivity contribution in [2.75, 3.05) is 26.3 Å². The molecule has 0 radical (unpaired) electrons. The zero-order chi connectivity index (χ0) is 12.1. The quantitative estimate of drug-likeness (QED) is 0.594. The van der Waals surface area contributed by atoms with Crippen LogP contribution in [0.1, 0.15) is 6.42 Å². The van der Waals surface area contributed by atoms with Crippen molar-refractivity contribution in [3.63, 3.8) is 0 Å². The van der Waals surface area contributed by atoms with Crippen LogP contribution in [0.3, 0.4) is 0 Å². The number of nitrogens with zero attached hydrogens (tertiary/aromatic N) is 2. The molecule has 1 saturated heterocycles. The van der Waals surface area contributed by atoms with Crippen LogP contribution in [0.2, 0.25) is 0 Å². The smallest absolute Gasteiger partial charge is 0.102 e. The van der Waals surface area contributed by atoms with Crippen molar-refractivity contribution in [3.05, 3.63) is 18.5 Å². The van der Waals surface area contributed by atoms with Gasteiger partial charge in [-0.3, -0.25) is 4.68 Å². The molecule has 0 bridgehead atoms. The molecule has 0 spiro atoms. The van der Waals surface area contributed by atoms with Crippen LogP contribution in [0.5, 0.6) is 0 Å². The molecule has 1 aliphatic heterocycles. The summed E-state index contributed by atoms with van der Waals surface area (Å²) in [7, 11) is 0. The number of nitrogens with one attached hydrogen (secondary N) is 1. The molecule has 0 amide bonds. The molecule has 2 unspecified atom stereocenters. The molecule has 17 heavy (non-hydrogen) atoms. The summed E-state index contributed by atoms with van der Waals surface area (Å²) in [6.45, 7) is 2.31. The van der Waals surface area contributed by atoms with E-state index in [-0.39, 0.29) is 0 Å². The molecule has 2 rings (SSSR count). The van der Waals surface area contributed by atoms with E-state index in [4.69, 9.17) is 4.74 Å². The Morgan fingerprint density at radius 2 is 2.47 bits per heavy atom. The van der Waals surface area contributed by atoms with Gasteiger partial charge in [-0.05, 0) is 6.07 Å². The summed E-state index contributed by atoms with van der Waals surface area (Å²) in [5, 5.41) is 26.8. The van der Waals surface area contributed by atoms with Gasteiger partial charge in [0.25, 0.3) is 0 Å². The first-order valence-electron chi connectivity index (χ1n) is 5.84. The standard InChI is InChI=1S/C11H19N3O3/c15-10(7-14-4-1-3-13-14)6-12-8-11(16)2-5-17-9-11/h1,3-4,10,12,15-16H,2,5-9H2. The second-order valence-electron chi connectivity index (χ2n) is 4.54. The lowest BCUT2D eigenvalue weighted by molar-refractivity contribution is 0.0239. The molecule has 6 heteroatoms. The van der Waals surface area contributed by atoms with Crippen LogP contribution in [0.4, 0.5) is 0 Å². The minimum Gasteiger partial charge on any atom is -0.390 e. The number of aliphatic hydroxyl groups is 2. The predicted molar refractivity (Wildman–Crippen MR) is 61.5 cm³/mol. The van der Waals surface area contributed by atoms with Gasteiger partial charge in [-0.25, -0.2) is 0 Å². The SMILES string of the molecule is OC(CNCC1(O)CCOC1)Cn1cccn1. The number of rotatable bonds is 6. The van der Waals surface area contributed by atoms with Crippen molar-refractivity contribution in [2.24, 2.45) is 0 Å². The van der Waals surface area contributed by atoms with Gasteiger partial charge in [0.1, 0.15) is 5.60 Å². The molecule has 0 aromatic carbocycles. The maximum Gasteiger partial charge on any atom is 0.102 e. The van der Waals surface area contributed by atoms with Crippen LogP contribution in [-0.4, -0.2) is 58.0 Å². The highest BCUT2D eigenvalue weighted by Gasteiger charge is 2.31. The monoisotopic (exact) mass is 241 g/mol. The number of hydrogen-bond acceptors (Lipinski definition) is 5. The lowest BCUT2D eigenvalue weighted by Gasteiger charge is -2.21. The molecule has 1 aromatic rings. The van der Waals surface area contributed by atoms with E-state index in [0.29, 0.717) is 39.3 Å². The molecule has 1 aliphatic rings. The molecule has 2 atom stereocenters. The fourth-order valence-corrected chi connectivity index (χ4v) is 1.90. The molecule has 2 heterocycles. The van der Waals surface area contributed by atoms with E-state index in [2.05, 4.69) is 10.4 Å². The zero-order valence-electron chi connectivity index (χ0n) is 9.75. The van der Waals surface area contributed by atoms with Gasteiger partial charge in [0.15, 0.2) is 0 Å². The van der Waals surface area contributed by atoms with Crippen molar-refractivity contribution in [1.29, 1.82) is 0 Å². The summed E-state index contributed by atoms with van der Waals surface area (Å²) < 4.78 is 6.82. The van der Waals surface area contributed by atoms with Gasteiger partial charge in [0.2, 0.25) is 0 Å². The van der Waals surface area contributed by atoms with Crippen molar-refractivity contribution in [2.45, 2.75) is 24.7 Å². The maximum atomic E-state index is 9.97. The van der Waals surface area contributed by atoms with Gasteiger partial charge < -0.3 is 20.3 Å². The first kappa shape index (κ1) is 12.5. The third-order valence-electron chi connectivity index (χ3n) is 2.87. The number of hydrogen-bond donors (Lipinski definition) is 3. The van der Waals surface area contributed by atoms with E-state index in [9.17, 15) is 10.2 Å². The summed E-state index contributed by atoms with van der Waals surface area (Å²) in [6, 6.07) is 1.82. The Bertz CT molecular complexity index is 323. The Morgan fingerprint density at radius 1 is 1.59 bits per heavy atom. The zero-order valence-corrected chi connectivity index (χ0v) is 9.75. The van der Waals surface area contributed by atoms with Gasteiger partial charge in [0, 0.05) is 38.5 Å². The molecule has 6 nitrogen and oxygen atoms in total. The number of aliphatic hydroxyl groups excluding tert-OH is 1. The Balaban J connectivity index is 1.64. The van der Waals surface area contributed by atoms with E-state index in [1.54, 1.807) is 10.9 Å². The summed E-state index contributed by atoms with van der Waals surface area (Å²) in [4.78, 5) is 0. The molecular weight excluding hydrogens is 222 g/mol. The Kier molecular flexibility index (Phi) is 4.11.